The summed E-state index contributed by atoms with van der Waals surface area (Å²) in [5.74, 6) is -3.22. The van der Waals surface area contributed by atoms with Gasteiger partial charge in [0, 0.05) is 13.1 Å². The van der Waals surface area contributed by atoms with E-state index in [1.165, 1.54) is 7.05 Å². The van der Waals surface area contributed by atoms with Gasteiger partial charge >= 0.3 is 0 Å². The molecule has 16 heavy (non-hydrogen) atoms. The van der Waals surface area contributed by atoms with Crippen LogP contribution in [-0.2, 0) is 10.2 Å². The van der Waals surface area contributed by atoms with Crippen LogP contribution in [0.2, 0.25) is 0 Å². The van der Waals surface area contributed by atoms with Gasteiger partial charge in [-0.15, -0.1) is 12.4 Å². The van der Waals surface area contributed by atoms with E-state index in [1.807, 2.05) is 0 Å². The summed E-state index contributed by atoms with van der Waals surface area (Å²) in [6, 6.07) is -0.297. The van der Waals surface area contributed by atoms with Gasteiger partial charge in [0.2, 0.25) is 0 Å². The second-order valence-electron chi connectivity index (χ2n) is 3.50. The lowest BCUT2D eigenvalue weighted by Gasteiger charge is -2.23. The first-order chi connectivity index (χ1) is 6.62. The normalized spacial score (nSPS) is 13.0. The average molecular weight is 282 g/mol. The number of nitrogens with one attached hydrogen (secondary N) is 1. The van der Waals surface area contributed by atoms with E-state index in [0.717, 1.165) is 4.31 Å². The molecule has 0 aliphatic carbocycles. The molecule has 0 saturated heterocycles. The number of rotatable bonds is 6. The van der Waals surface area contributed by atoms with Crippen molar-refractivity contribution in [3.63, 3.8) is 0 Å². The summed E-state index contributed by atoms with van der Waals surface area (Å²) >= 11 is 0. The maximum Gasteiger partial charge on any atom is 0.279 e. The molecule has 0 amide bonds. The van der Waals surface area contributed by atoms with Crippen LogP contribution in [0.4, 0.5) is 8.78 Å². The maximum absolute atomic E-state index is 12.7. The fraction of sp³-hybridized carbons (Fsp3) is 1.00. The van der Waals surface area contributed by atoms with Gasteiger partial charge in [-0.05, 0) is 13.8 Å². The van der Waals surface area contributed by atoms with Crippen molar-refractivity contribution in [1.82, 2.24) is 9.03 Å². The van der Waals surface area contributed by atoms with Crippen molar-refractivity contribution >= 4 is 22.6 Å². The summed E-state index contributed by atoms with van der Waals surface area (Å²) in [4.78, 5) is 0. The Morgan fingerprint density at radius 3 is 2.19 bits per heavy atom. The van der Waals surface area contributed by atoms with Gasteiger partial charge in [0.05, 0.1) is 13.1 Å². The van der Waals surface area contributed by atoms with Crippen LogP contribution in [0, 0.1) is 0 Å². The van der Waals surface area contributed by atoms with Gasteiger partial charge in [0.25, 0.3) is 16.1 Å². The van der Waals surface area contributed by atoms with Gasteiger partial charge < -0.3 is 5.73 Å². The molecule has 0 aromatic heterocycles. The van der Waals surface area contributed by atoms with Crippen LogP contribution in [-0.4, -0.2) is 44.8 Å². The van der Waals surface area contributed by atoms with Crippen molar-refractivity contribution < 1.29 is 17.2 Å². The lowest BCUT2D eigenvalue weighted by Crippen LogP contribution is -2.47. The quantitative estimate of drug-likeness (QED) is 0.729. The van der Waals surface area contributed by atoms with Crippen molar-refractivity contribution in [2.45, 2.75) is 25.8 Å². The van der Waals surface area contributed by atoms with Crippen molar-refractivity contribution in [3.05, 3.63) is 0 Å². The summed E-state index contributed by atoms with van der Waals surface area (Å²) < 4.78 is 50.9. The van der Waals surface area contributed by atoms with Crippen LogP contribution in [0.1, 0.15) is 13.8 Å². The van der Waals surface area contributed by atoms with Gasteiger partial charge in [-0.1, -0.05) is 0 Å². The van der Waals surface area contributed by atoms with E-state index in [0.29, 0.717) is 0 Å². The summed E-state index contributed by atoms with van der Waals surface area (Å²) in [6.07, 6.45) is 0. The highest BCUT2D eigenvalue weighted by Gasteiger charge is 2.30. The van der Waals surface area contributed by atoms with Crippen LogP contribution in [0.5, 0.6) is 0 Å². The molecule has 0 unspecified atom stereocenters. The molecular weight excluding hydrogens is 264 g/mol. The van der Waals surface area contributed by atoms with E-state index in [9.17, 15) is 17.2 Å². The third-order valence-electron chi connectivity index (χ3n) is 1.92. The predicted molar refractivity (Wildman–Crippen MR) is 61.1 cm³/mol. The first kappa shape index (κ1) is 18.3. The number of nitrogens with zero attached hydrogens (tertiary/aromatic N) is 1. The molecule has 0 rings (SSSR count). The Morgan fingerprint density at radius 1 is 1.44 bits per heavy atom. The Labute approximate surface area is 101 Å². The van der Waals surface area contributed by atoms with Crippen molar-refractivity contribution in [2.75, 3.05) is 20.1 Å². The number of hydrogen-bond acceptors (Lipinski definition) is 3. The monoisotopic (exact) mass is 281 g/mol. The van der Waals surface area contributed by atoms with E-state index in [1.54, 1.807) is 18.6 Å². The summed E-state index contributed by atoms with van der Waals surface area (Å²) in [5, 5.41) is 0. The molecule has 0 aliphatic heterocycles. The zero-order valence-electron chi connectivity index (χ0n) is 9.41. The molecule has 0 saturated carbocycles. The number of halogens is 3. The van der Waals surface area contributed by atoms with Crippen LogP contribution in [0.25, 0.3) is 0 Å². The lowest BCUT2D eigenvalue weighted by atomic mass is 10.3. The standard InChI is InChI=1S/C7H17F2N3O2S.ClH/c1-6(2)12(3)15(13,14)11-5-7(8,9)4-10;/h6,11H,4-5,10H2,1-3H3;1H. The highest BCUT2D eigenvalue weighted by molar-refractivity contribution is 7.87. The Balaban J connectivity index is 0. The highest BCUT2D eigenvalue weighted by atomic mass is 35.5. The molecule has 9 heteroatoms. The topological polar surface area (TPSA) is 75.4 Å². The second kappa shape index (κ2) is 6.65. The Morgan fingerprint density at radius 2 is 1.88 bits per heavy atom. The predicted octanol–water partition coefficient (Wildman–Crippen LogP) is 0.177. The van der Waals surface area contributed by atoms with E-state index in [2.05, 4.69) is 0 Å². The third kappa shape index (κ3) is 5.90. The van der Waals surface area contributed by atoms with E-state index in [4.69, 9.17) is 5.73 Å². The molecular formula is C7H18ClF2N3O2S. The SMILES string of the molecule is CC(C)N(C)S(=O)(=O)NCC(F)(F)CN.Cl. The van der Waals surface area contributed by atoms with E-state index in [-0.39, 0.29) is 18.4 Å². The van der Waals surface area contributed by atoms with Crippen molar-refractivity contribution in [2.24, 2.45) is 5.73 Å². The minimum Gasteiger partial charge on any atom is -0.325 e. The minimum atomic E-state index is -3.86. The zero-order valence-corrected chi connectivity index (χ0v) is 11.0. The molecule has 3 N–H and O–H groups in total. The molecule has 0 aromatic carbocycles. The fourth-order valence-electron chi connectivity index (χ4n) is 0.648. The first-order valence-corrected chi connectivity index (χ1v) is 5.87. The molecule has 0 aliphatic rings. The number of alkyl halides is 2. The number of nitrogens with two attached hydrogens (primary N) is 1. The Hall–Kier alpha value is -0.0200. The Kier molecular flexibility index (Phi) is 7.63. The molecule has 0 aromatic rings. The third-order valence-corrected chi connectivity index (χ3v) is 3.61. The fourth-order valence-corrected chi connectivity index (χ4v) is 1.80. The van der Waals surface area contributed by atoms with Crippen molar-refractivity contribution in [1.29, 1.82) is 0 Å². The molecule has 0 heterocycles. The van der Waals surface area contributed by atoms with Gasteiger partial charge in [0.15, 0.2) is 0 Å². The van der Waals surface area contributed by atoms with Crippen LogP contribution in [0.3, 0.4) is 0 Å². The van der Waals surface area contributed by atoms with Gasteiger partial charge in [-0.2, -0.15) is 17.4 Å². The van der Waals surface area contributed by atoms with E-state index >= 15 is 0 Å². The van der Waals surface area contributed by atoms with Crippen LogP contribution >= 0.6 is 12.4 Å². The second-order valence-corrected chi connectivity index (χ2v) is 5.31. The molecule has 0 spiro atoms. The van der Waals surface area contributed by atoms with E-state index < -0.39 is 29.2 Å². The molecule has 0 fully saturated rings. The smallest absolute Gasteiger partial charge is 0.279 e. The summed E-state index contributed by atoms with van der Waals surface area (Å²) in [6.45, 7) is 1.41. The number of hydrogen-bond donors (Lipinski definition) is 2. The molecule has 0 radical (unpaired) electrons. The van der Waals surface area contributed by atoms with Gasteiger partial charge in [0.1, 0.15) is 0 Å². The largest absolute Gasteiger partial charge is 0.325 e. The maximum atomic E-state index is 12.7. The zero-order chi connectivity index (χ0) is 12.3. The first-order valence-electron chi connectivity index (χ1n) is 4.43. The highest BCUT2D eigenvalue weighted by Crippen LogP contribution is 2.10. The Bertz CT molecular complexity index is 298. The minimum absolute atomic E-state index is 0. The van der Waals surface area contributed by atoms with Crippen molar-refractivity contribution in [3.8, 4) is 0 Å². The molecule has 100 valence electrons. The lowest BCUT2D eigenvalue weighted by molar-refractivity contribution is 0.0166. The van der Waals surface area contributed by atoms with Gasteiger partial charge in [-0.3, -0.25) is 0 Å². The molecule has 5 nitrogen and oxygen atoms in total. The van der Waals surface area contributed by atoms with Gasteiger partial charge in [-0.25, -0.2) is 8.78 Å². The van der Waals surface area contributed by atoms with Crippen LogP contribution in [0.15, 0.2) is 0 Å². The molecule has 0 atom stereocenters. The average Bonchev–Trinajstić information content (AvgIpc) is 2.14. The summed E-state index contributed by atoms with van der Waals surface area (Å²) in [7, 11) is -2.54. The molecule has 0 bridgehead atoms. The van der Waals surface area contributed by atoms with Crippen LogP contribution < -0.4 is 10.5 Å². The summed E-state index contributed by atoms with van der Waals surface area (Å²) in [5.41, 5.74) is 4.77.